The topological polar surface area (TPSA) is 77.4 Å². The number of benzene rings is 2. The highest BCUT2D eigenvalue weighted by Crippen LogP contribution is 2.44. The fourth-order valence-corrected chi connectivity index (χ4v) is 4.56. The van der Waals surface area contributed by atoms with Crippen LogP contribution in [0.4, 0.5) is 5.69 Å². The molecular weight excluding hydrogens is 436 g/mol. The average Bonchev–Trinajstić information content (AvgIpc) is 2.94. The molecule has 8 heteroatoms. The number of anilines is 1. The molecule has 0 saturated heterocycles. The van der Waals surface area contributed by atoms with Gasteiger partial charge in [0.25, 0.3) is 0 Å². The van der Waals surface area contributed by atoms with E-state index >= 15 is 0 Å². The molecule has 2 heterocycles. The number of carbonyl (C=O) groups excluding carboxylic acids is 1. The molecular formula is C25H28N4O3S. The van der Waals surface area contributed by atoms with Crippen molar-refractivity contribution in [3.63, 3.8) is 0 Å². The summed E-state index contributed by atoms with van der Waals surface area (Å²) in [4.78, 5) is 19.3. The third-order valence-corrected chi connectivity index (χ3v) is 6.23. The maximum atomic E-state index is 12.9. The summed E-state index contributed by atoms with van der Waals surface area (Å²) in [6.07, 6.45) is 1.47. The smallest absolute Gasteiger partial charge is 0.247 e. The van der Waals surface area contributed by atoms with Gasteiger partial charge in [0, 0.05) is 23.8 Å². The van der Waals surface area contributed by atoms with Gasteiger partial charge in [0.1, 0.15) is 5.75 Å². The fraction of sp³-hybridized carbons (Fsp3) is 0.360. The number of fused-ring (bicyclic) bond motifs is 3. The molecule has 0 fully saturated rings. The molecule has 7 nitrogen and oxygen atoms in total. The molecule has 0 saturated carbocycles. The van der Waals surface area contributed by atoms with E-state index in [4.69, 9.17) is 14.5 Å². The van der Waals surface area contributed by atoms with Crippen molar-refractivity contribution in [1.82, 2.24) is 15.2 Å². The summed E-state index contributed by atoms with van der Waals surface area (Å²) in [5.74, 6) is 1.91. The van der Waals surface area contributed by atoms with Crippen molar-refractivity contribution in [3.8, 4) is 22.9 Å². The van der Waals surface area contributed by atoms with Crippen LogP contribution in [0.1, 0.15) is 51.0 Å². The second kappa shape index (κ2) is 10.2. The van der Waals surface area contributed by atoms with E-state index in [-0.39, 0.29) is 5.91 Å². The number of hydrogen-bond acceptors (Lipinski definition) is 7. The van der Waals surface area contributed by atoms with Gasteiger partial charge < -0.3 is 9.47 Å². The number of amides is 1. The third-order valence-electron chi connectivity index (χ3n) is 5.30. The first-order valence-corrected chi connectivity index (χ1v) is 12.2. The normalized spacial score (nSPS) is 14.7. The predicted molar refractivity (Wildman–Crippen MR) is 130 cm³/mol. The van der Waals surface area contributed by atoms with Gasteiger partial charge in [-0.15, -0.1) is 10.2 Å². The van der Waals surface area contributed by atoms with E-state index < -0.39 is 6.23 Å². The van der Waals surface area contributed by atoms with Gasteiger partial charge in [-0.05, 0) is 56.7 Å². The van der Waals surface area contributed by atoms with E-state index in [0.717, 1.165) is 41.0 Å². The Labute approximate surface area is 198 Å². The van der Waals surface area contributed by atoms with Crippen LogP contribution in [0, 0.1) is 6.92 Å². The molecule has 1 atom stereocenters. The van der Waals surface area contributed by atoms with Crippen molar-refractivity contribution in [2.45, 2.75) is 51.9 Å². The quantitative estimate of drug-likeness (QED) is 0.333. The maximum absolute atomic E-state index is 12.9. The summed E-state index contributed by atoms with van der Waals surface area (Å²) in [7, 11) is 0. The molecule has 1 aliphatic rings. The molecule has 1 amide bonds. The van der Waals surface area contributed by atoms with Gasteiger partial charge in [0.15, 0.2) is 5.69 Å². The van der Waals surface area contributed by atoms with E-state index in [9.17, 15) is 4.79 Å². The van der Waals surface area contributed by atoms with Gasteiger partial charge in [-0.2, -0.15) is 4.98 Å². The summed E-state index contributed by atoms with van der Waals surface area (Å²) in [6, 6.07) is 13.5. The van der Waals surface area contributed by atoms with E-state index in [1.807, 2.05) is 56.3 Å². The van der Waals surface area contributed by atoms with Crippen molar-refractivity contribution >= 4 is 23.4 Å². The lowest BCUT2D eigenvalue weighted by Gasteiger charge is -2.30. The lowest BCUT2D eigenvalue weighted by atomic mass is 10.0. The maximum Gasteiger partial charge on any atom is 0.247 e. The molecule has 1 aliphatic heterocycles. The number of thioether (sulfide) groups is 1. The lowest BCUT2D eigenvalue weighted by molar-refractivity contribution is -0.118. The van der Waals surface area contributed by atoms with Crippen LogP contribution in [0.5, 0.6) is 11.6 Å². The number of nitrogens with zero attached hydrogens (tertiary/aromatic N) is 4. The van der Waals surface area contributed by atoms with Crippen LogP contribution in [0.25, 0.3) is 11.3 Å². The summed E-state index contributed by atoms with van der Waals surface area (Å²) in [5, 5.41) is 9.39. The van der Waals surface area contributed by atoms with Crippen LogP contribution in [-0.2, 0) is 4.79 Å². The predicted octanol–water partition coefficient (Wildman–Crippen LogP) is 5.58. The average molecular weight is 465 g/mol. The van der Waals surface area contributed by atoms with Crippen LogP contribution in [0.3, 0.4) is 0 Å². The minimum Gasteiger partial charge on any atom is -0.494 e. The molecule has 0 radical (unpaired) electrons. The Bertz CT molecular complexity index is 1140. The summed E-state index contributed by atoms with van der Waals surface area (Å²) in [5.41, 5.74) is 3.89. The zero-order valence-corrected chi connectivity index (χ0v) is 20.2. The monoisotopic (exact) mass is 464 g/mol. The van der Waals surface area contributed by atoms with Gasteiger partial charge in [0.2, 0.25) is 23.2 Å². The molecule has 0 bridgehead atoms. The molecule has 0 unspecified atom stereocenters. The summed E-state index contributed by atoms with van der Waals surface area (Å²) >= 11 is 1.56. The van der Waals surface area contributed by atoms with Crippen molar-refractivity contribution < 1.29 is 14.3 Å². The van der Waals surface area contributed by atoms with Gasteiger partial charge in [-0.3, -0.25) is 9.69 Å². The Kier molecular flexibility index (Phi) is 7.13. The van der Waals surface area contributed by atoms with Crippen LogP contribution in [0.15, 0.2) is 47.6 Å². The van der Waals surface area contributed by atoms with E-state index in [1.54, 1.807) is 16.7 Å². The third kappa shape index (κ3) is 4.95. The van der Waals surface area contributed by atoms with Crippen molar-refractivity contribution in [3.05, 3.63) is 53.6 Å². The second-order valence-corrected chi connectivity index (χ2v) is 8.89. The molecule has 0 aliphatic carbocycles. The van der Waals surface area contributed by atoms with E-state index in [2.05, 4.69) is 17.1 Å². The van der Waals surface area contributed by atoms with Crippen LogP contribution in [0.2, 0.25) is 0 Å². The molecule has 2 aromatic carbocycles. The Balaban J connectivity index is 1.83. The highest BCUT2D eigenvalue weighted by molar-refractivity contribution is 7.99. The lowest BCUT2D eigenvalue weighted by Crippen LogP contribution is -2.36. The van der Waals surface area contributed by atoms with Crippen molar-refractivity contribution in [1.29, 1.82) is 0 Å². The van der Waals surface area contributed by atoms with Crippen molar-refractivity contribution in [2.75, 3.05) is 17.3 Å². The Hall–Kier alpha value is -3.13. The zero-order valence-electron chi connectivity index (χ0n) is 19.4. The number of aryl methyl sites for hydroxylation is 1. The van der Waals surface area contributed by atoms with E-state index in [0.29, 0.717) is 29.0 Å². The highest BCUT2D eigenvalue weighted by atomic mass is 32.2. The largest absolute Gasteiger partial charge is 0.494 e. The van der Waals surface area contributed by atoms with Gasteiger partial charge >= 0.3 is 0 Å². The number of aromatic nitrogens is 3. The Morgan fingerprint density at radius 2 is 1.94 bits per heavy atom. The van der Waals surface area contributed by atoms with Crippen LogP contribution < -0.4 is 14.4 Å². The Morgan fingerprint density at radius 1 is 1.15 bits per heavy atom. The first kappa shape index (κ1) is 23.0. The summed E-state index contributed by atoms with van der Waals surface area (Å²) < 4.78 is 12.0. The number of hydrogen-bond donors (Lipinski definition) is 0. The first-order valence-electron chi connectivity index (χ1n) is 11.2. The molecule has 0 spiro atoms. The van der Waals surface area contributed by atoms with Gasteiger partial charge in [0.05, 0.1) is 12.3 Å². The SMILES string of the molecule is CCCCSc1nnc2c(n1)O[C@@H](c1ccc(OCC)cc1)N(C(C)=O)c1ccc(C)cc1-2. The van der Waals surface area contributed by atoms with Crippen molar-refractivity contribution in [2.24, 2.45) is 0 Å². The van der Waals surface area contributed by atoms with Crippen LogP contribution >= 0.6 is 11.8 Å². The minimum atomic E-state index is -0.703. The molecule has 33 heavy (non-hydrogen) atoms. The van der Waals surface area contributed by atoms with E-state index in [1.165, 1.54) is 6.92 Å². The number of rotatable bonds is 7. The van der Waals surface area contributed by atoms with Crippen LogP contribution in [-0.4, -0.2) is 33.4 Å². The summed E-state index contributed by atoms with van der Waals surface area (Å²) in [6.45, 7) is 8.22. The highest BCUT2D eigenvalue weighted by Gasteiger charge is 2.34. The zero-order chi connectivity index (χ0) is 23.4. The molecule has 1 aromatic heterocycles. The number of ether oxygens (including phenoxy) is 2. The van der Waals surface area contributed by atoms with Gasteiger partial charge in [-0.25, -0.2) is 0 Å². The molecule has 172 valence electrons. The number of carbonyl (C=O) groups is 1. The fourth-order valence-electron chi connectivity index (χ4n) is 3.70. The van der Waals surface area contributed by atoms with Gasteiger partial charge in [-0.1, -0.05) is 36.7 Å². The second-order valence-electron chi connectivity index (χ2n) is 7.83. The first-order chi connectivity index (χ1) is 16.0. The molecule has 0 N–H and O–H groups in total. The Morgan fingerprint density at radius 3 is 2.64 bits per heavy atom. The minimum absolute atomic E-state index is 0.141. The molecule has 4 rings (SSSR count). The number of unbranched alkanes of at least 4 members (excludes halogenated alkanes) is 1. The molecule has 3 aromatic rings. The standard InChI is InChI=1S/C25H28N4O3S/c1-5-7-14-33-25-26-23-22(27-28-25)20-15-16(3)8-13-21(20)29(17(4)30)24(32-23)18-9-11-19(12-10-18)31-6-2/h8-13,15,24H,5-7,14H2,1-4H3/t24-/m0/s1.